The highest BCUT2D eigenvalue weighted by Crippen LogP contribution is 2.44. The first kappa shape index (κ1) is 21.9. The van der Waals surface area contributed by atoms with Gasteiger partial charge in [0.2, 0.25) is 5.91 Å². The van der Waals surface area contributed by atoms with Gasteiger partial charge in [0.25, 0.3) is 0 Å². The summed E-state index contributed by atoms with van der Waals surface area (Å²) in [4.78, 5) is 39.1. The van der Waals surface area contributed by atoms with Crippen LogP contribution in [0.15, 0.2) is 72.8 Å². The number of ether oxygens (including phenoxy) is 1. The number of aliphatic carboxylic acids is 1. The van der Waals surface area contributed by atoms with E-state index in [2.05, 4.69) is 0 Å². The SMILES string of the molecule is NC1Cc2ccccc2[C@H](C(=O)OCC2c3ccccc3-c3ccccc32)N(CC(=O)O)C1=O. The Labute approximate surface area is 196 Å². The van der Waals surface area contributed by atoms with Crippen LogP contribution in [-0.4, -0.2) is 47.0 Å². The molecule has 1 aliphatic carbocycles. The van der Waals surface area contributed by atoms with Crippen LogP contribution >= 0.6 is 0 Å². The van der Waals surface area contributed by atoms with Crippen molar-refractivity contribution in [3.8, 4) is 11.1 Å². The molecule has 7 heteroatoms. The molecule has 0 radical (unpaired) electrons. The Kier molecular flexibility index (Phi) is 5.63. The quantitative estimate of drug-likeness (QED) is 0.572. The number of rotatable bonds is 5. The summed E-state index contributed by atoms with van der Waals surface area (Å²) in [6.07, 6.45) is 0.221. The van der Waals surface area contributed by atoms with E-state index in [4.69, 9.17) is 10.5 Å². The first-order valence-electron chi connectivity index (χ1n) is 11.2. The zero-order valence-corrected chi connectivity index (χ0v) is 18.4. The van der Waals surface area contributed by atoms with Crippen molar-refractivity contribution in [3.63, 3.8) is 0 Å². The maximum Gasteiger partial charge on any atom is 0.333 e. The molecule has 3 aromatic rings. The highest BCUT2D eigenvalue weighted by Gasteiger charge is 2.41. The molecule has 172 valence electrons. The van der Waals surface area contributed by atoms with Gasteiger partial charge in [-0.15, -0.1) is 0 Å². The molecule has 1 unspecified atom stereocenters. The van der Waals surface area contributed by atoms with Crippen molar-refractivity contribution >= 4 is 17.8 Å². The van der Waals surface area contributed by atoms with Crippen LogP contribution < -0.4 is 5.73 Å². The molecular formula is C27H24N2O5. The maximum absolute atomic E-state index is 13.5. The summed E-state index contributed by atoms with van der Waals surface area (Å²) in [6.45, 7) is -0.567. The second kappa shape index (κ2) is 8.76. The molecule has 2 aliphatic rings. The van der Waals surface area contributed by atoms with E-state index in [1.54, 1.807) is 24.3 Å². The van der Waals surface area contributed by atoms with E-state index in [0.717, 1.165) is 32.7 Å². The van der Waals surface area contributed by atoms with E-state index in [1.807, 2.05) is 48.5 Å². The maximum atomic E-state index is 13.5. The first-order chi connectivity index (χ1) is 16.5. The van der Waals surface area contributed by atoms with Gasteiger partial charge in [0.05, 0.1) is 6.04 Å². The van der Waals surface area contributed by atoms with Gasteiger partial charge in [0.1, 0.15) is 13.2 Å². The molecule has 5 rings (SSSR count). The highest BCUT2D eigenvalue weighted by molar-refractivity contribution is 5.92. The molecule has 0 spiro atoms. The minimum absolute atomic E-state index is 0.0761. The van der Waals surface area contributed by atoms with Crippen LogP contribution in [-0.2, 0) is 25.5 Å². The van der Waals surface area contributed by atoms with Gasteiger partial charge in [0.15, 0.2) is 6.04 Å². The third-order valence-electron chi connectivity index (χ3n) is 6.59. The standard InChI is InChI=1S/C27H24N2O5/c28-23-13-16-7-1-2-8-17(16)25(29(26(23)32)14-24(30)31)27(33)34-15-22-20-11-5-3-9-18(20)19-10-4-6-12-21(19)22/h1-12,22-23,25H,13-15,28H2,(H,30,31)/t23?,25-/m1/s1. The Balaban J connectivity index is 1.47. The zero-order valence-electron chi connectivity index (χ0n) is 18.4. The molecule has 0 bridgehead atoms. The molecule has 7 nitrogen and oxygen atoms in total. The number of nitrogens with zero attached hydrogens (tertiary/aromatic N) is 1. The van der Waals surface area contributed by atoms with Crippen LogP contribution in [0.2, 0.25) is 0 Å². The minimum Gasteiger partial charge on any atom is -0.480 e. The molecule has 34 heavy (non-hydrogen) atoms. The van der Waals surface area contributed by atoms with Gasteiger partial charge >= 0.3 is 11.9 Å². The number of esters is 1. The van der Waals surface area contributed by atoms with E-state index in [0.29, 0.717) is 5.56 Å². The number of hydrogen-bond donors (Lipinski definition) is 2. The van der Waals surface area contributed by atoms with Crippen molar-refractivity contribution in [3.05, 3.63) is 95.1 Å². The van der Waals surface area contributed by atoms with Gasteiger partial charge in [-0.1, -0.05) is 72.8 Å². The number of hydrogen-bond acceptors (Lipinski definition) is 5. The predicted octanol–water partition coefficient (Wildman–Crippen LogP) is 2.88. The number of nitrogens with two attached hydrogens (primary N) is 1. The molecule has 1 aliphatic heterocycles. The van der Waals surface area contributed by atoms with Crippen molar-refractivity contribution in [2.24, 2.45) is 5.73 Å². The van der Waals surface area contributed by atoms with E-state index < -0.39 is 36.5 Å². The monoisotopic (exact) mass is 456 g/mol. The highest BCUT2D eigenvalue weighted by atomic mass is 16.5. The van der Waals surface area contributed by atoms with Crippen molar-refractivity contribution in [2.45, 2.75) is 24.4 Å². The predicted molar refractivity (Wildman–Crippen MR) is 125 cm³/mol. The average Bonchev–Trinajstić information content (AvgIpc) is 3.11. The number of amides is 1. The molecule has 0 saturated carbocycles. The normalized spacial score (nSPS) is 19.1. The lowest BCUT2D eigenvalue weighted by atomic mass is 9.97. The lowest BCUT2D eigenvalue weighted by molar-refractivity contribution is -0.158. The van der Waals surface area contributed by atoms with Crippen molar-refractivity contribution in [2.75, 3.05) is 13.2 Å². The summed E-state index contributed by atoms with van der Waals surface area (Å²) < 4.78 is 5.82. The largest absolute Gasteiger partial charge is 0.480 e. The topological polar surface area (TPSA) is 110 Å². The van der Waals surface area contributed by atoms with Gasteiger partial charge < -0.3 is 20.5 Å². The third-order valence-corrected chi connectivity index (χ3v) is 6.59. The number of carboxylic acids is 1. The number of carboxylic acid groups (broad SMARTS) is 1. The molecule has 0 aromatic heterocycles. The molecule has 0 fully saturated rings. The fourth-order valence-corrected chi connectivity index (χ4v) is 5.07. The van der Waals surface area contributed by atoms with E-state index >= 15 is 0 Å². The van der Waals surface area contributed by atoms with Crippen LogP contribution in [0.25, 0.3) is 11.1 Å². The van der Waals surface area contributed by atoms with Crippen LogP contribution in [0.5, 0.6) is 0 Å². The van der Waals surface area contributed by atoms with E-state index in [1.165, 1.54) is 0 Å². The summed E-state index contributed by atoms with van der Waals surface area (Å²) >= 11 is 0. The van der Waals surface area contributed by atoms with Crippen molar-refractivity contribution in [1.82, 2.24) is 4.90 Å². The van der Waals surface area contributed by atoms with Gasteiger partial charge in [-0.25, -0.2) is 4.79 Å². The molecule has 3 aromatic carbocycles. The first-order valence-corrected chi connectivity index (χ1v) is 11.2. The Bertz CT molecular complexity index is 1240. The lowest BCUT2D eigenvalue weighted by Crippen LogP contribution is -2.48. The molecule has 1 heterocycles. The minimum atomic E-state index is -1.23. The summed E-state index contributed by atoms with van der Waals surface area (Å²) in [7, 11) is 0. The lowest BCUT2D eigenvalue weighted by Gasteiger charge is -2.29. The third kappa shape index (κ3) is 3.74. The molecular weight excluding hydrogens is 432 g/mol. The zero-order chi connectivity index (χ0) is 23.8. The number of carbonyl (C=O) groups is 3. The van der Waals surface area contributed by atoms with Gasteiger partial charge in [-0.2, -0.15) is 0 Å². The summed E-state index contributed by atoms with van der Waals surface area (Å²) in [5.41, 5.74) is 11.7. The van der Waals surface area contributed by atoms with Crippen LogP contribution in [0.3, 0.4) is 0 Å². The second-order valence-electron chi connectivity index (χ2n) is 8.63. The molecule has 3 N–H and O–H groups in total. The number of fused-ring (bicyclic) bond motifs is 4. The molecule has 1 amide bonds. The average molecular weight is 456 g/mol. The molecule has 2 atom stereocenters. The van der Waals surface area contributed by atoms with Crippen molar-refractivity contribution < 1.29 is 24.2 Å². The second-order valence-corrected chi connectivity index (χ2v) is 8.63. The van der Waals surface area contributed by atoms with E-state index in [9.17, 15) is 19.5 Å². The van der Waals surface area contributed by atoms with Gasteiger partial charge in [-0.3, -0.25) is 9.59 Å². The fourth-order valence-electron chi connectivity index (χ4n) is 5.07. The van der Waals surface area contributed by atoms with E-state index in [-0.39, 0.29) is 18.9 Å². The van der Waals surface area contributed by atoms with Crippen LogP contribution in [0.1, 0.15) is 34.2 Å². The fraction of sp³-hybridized carbons (Fsp3) is 0.222. The van der Waals surface area contributed by atoms with Crippen LogP contribution in [0.4, 0.5) is 0 Å². The van der Waals surface area contributed by atoms with Gasteiger partial charge in [0, 0.05) is 5.92 Å². The smallest absolute Gasteiger partial charge is 0.333 e. The summed E-state index contributed by atoms with van der Waals surface area (Å²) in [6, 6.07) is 21.0. The Morgan fingerprint density at radius 3 is 2.09 bits per heavy atom. The Hall–Kier alpha value is -3.97. The number of benzene rings is 3. The van der Waals surface area contributed by atoms with Crippen LogP contribution in [0, 0.1) is 0 Å². The summed E-state index contributed by atoms with van der Waals surface area (Å²) in [5, 5.41) is 9.44. The molecule has 0 saturated heterocycles. The summed E-state index contributed by atoms with van der Waals surface area (Å²) in [5.74, 6) is -2.63. The Morgan fingerprint density at radius 1 is 0.912 bits per heavy atom. The van der Waals surface area contributed by atoms with Gasteiger partial charge in [-0.05, 0) is 39.8 Å². The number of carbonyl (C=O) groups excluding carboxylic acids is 2. The Morgan fingerprint density at radius 2 is 1.47 bits per heavy atom. The van der Waals surface area contributed by atoms with Crippen molar-refractivity contribution in [1.29, 1.82) is 0 Å².